The highest BCUT2D eigenvalue weighted by Gasteiger charge is 2.26. The zero-order valence-electron chi connectivity index (χ0n) is 9.08. The van der Waals surface area contributed by atoms with Gasteiger partial charge in [-0.05, 0) is 13.3 Å². The molecule has 15 heavy (non-hydrogen) atoms. The first kappa shape index (κ1) is 11.6. The van der Waals surface area contributed by atoms with Crippen molar-refractivity contribution in [1.82, 2.24) is 20.5 Å². The molecule has 1 heterocycles. The van der Waals surface area contributed by atoms with Crippen LogP contribution >= 0.6 is 0 Å². The van der Waals surface area contributed by atoms with E-state index in [1.54, 1.807) is 6.92 Å². The molecule has 1 amide bonds. The van der Waals surface area contributed by atoms with Crippen LogP contribution in [0.3, 0.4) is 0 Å². The molecule has 0 aliphatic carbocycles. The Hall–Kier alpha value is -1.43. The molecule has 0 aromatic carbocycles. The number of nitrogens with one attached hydrogen (secondary N) is 2. The van der Waals surface area contributed by atoms with Gasteiger partial charge in [-0.25, -0.2) is 4.98 Å². The van der Waals surface area contributed by atoms with Crippen LogP contribution in [0.2, 0.25) is 0 Å². The average molecular weight is 211 g/mol. The summed E-state index contributed by atoms with van der Waals surface area (Å²) in [5.41, 5.74) is 5.04. The van der Waals surface area contributed by atoms with E-state index in [1.165, 1.54) is 6.33 Å². The fourth-order valence-electron chi connectivity index (χ4n) is 1.31. The molecular formula is C9H17N5O. The second-order valence-electron chi connectivity index (χ2n) is 3.78. The molecule has 1 aromatic heterocycles. The van der Waals surface area contributed by atoms with Crippen molar-refractivity contribution in [3.63, 3.8) is 0 Å². The number of hydrogen-bond acceptors (Lipinski definition) is 4. The number of amides is 1. The molecule has 84 valence electrons. The lowest BCUT2D eigenvalue weighted by molar-refractivity contribution is -0.126. The first-order valence-corrected chi connectivity index (χ1v) is 4.97. The Morgan fingerprint density at radius 3 is 3.00 bits per heavy atom. The zero-order valence-corrected chi connectivity index (χ0v) is 9.08. The van der Waals surface area contributed by atoms with Gasteiger partial charge in [0.15, 0.2) is 0 Å². The van der Waals surface area contributed by atoms with Gasteiger partial charge < -0.3 is 11.1 Å². The Morgan fingerprint density at radius 1 is 1.73 bits per heavy atom. The van der Waals surface area contributed by atoms with Gasteiger partial charge in [0, 0.05) is 0 Å². The van der Waals surface area contributed by atoms with E-state index in [2.05, 4.69) is 20.5 Å². The minimum atomic E-state index is -0.811. The summed E-state index contributed by atoms with van der Waals surface area (Å²) in [6, 6.07) is 0. The standard InChI is InChI=1S/C9H17N5O/c1-3-4-9(2,10)8(15)11-5-7-12-6-13-14-7/h6H,3-5,10H2,1-2H3,(H,11,15)(H,12,13,14). The van der Waals surface area contributed by atoms with Crippen LogP contribution in [0.5, 0.6) is 0 Å². The molecule has 0 aliphatic heterocycles. The normalized spacial score (nSPS) is 14.6. The minimum Gasteiger partial charge on any atom is -0.347 e. The van der Waals surface area contributed by atoms with E-state index < -0.39 is 5.54 Å². The number of nitrogens with two attached hydrogens (primary N) is 1. The van der Waals surface area contributed by atoms with Gasteiger partial charge in [-0.3, -0.25) is 9.89 Å². The summed E-state index contributed by atoms with van der Waals surface area (Å²) in [5, 5.41) is 9.05. The van der Waals surface area contributed by atoms with E-state index in [4.69, 9.17) is 5.73 Å². The van der Waals surface area contributed by atoms with Crippen molar-refractivity contribution >= 4 is 5.91 Å². The number of rotatable bonds is 5. The Bertz CT molecular complexity index is 306. The summed E-state index contributed by atoms with van der Waals surface area (Å²) in [6.07, 6.45) is 2.94. The molecule has 0 radical (unpaired) electrons. The third-order valence-corrected chi connectivity index (χ3v) is 2.17. The van der Waals surface area contributed by atoms with Gasteiger partial charge >= 0.3 is 0 Å². The molecule has 0 spiro atoms. The van der Waals surface area contributed by atoms with Gasteiger partial charge in [-0.2, -0.15) is 5.10 Å². The summed E-state index contributed by atoms with van der Waals surface area (Å²) in [6.45, 7) is 4.05. The van der Waals surface area contributed by atoms with Gasteiger partial charge in [0.25, 0.3) is 0 Å². The third kappa shape index (κ3) is 3.32. The van der Waals surface area contributed by atoms with E-state index in [1.807, 2.05) is 6.92 Å². The van der Waals surface area contributed by atoms with Gasteiger partial charge in [-0.1, -0.05) is 13.3 Å². The Morgan fingerprint density at radius 2 is 2.47 bits per heavy atom. The highest BCUT2D eigenvalue weighted by molar-refractivity contribution is 5.85. The summed E-state index contributed by atoms with van der Waals surface area (Å²) in [4.78, 5) is 15.5. The molecular weight excluding hydrogens is 194 g/mol. The van der Waals surface area contributed by atoms with Gasteiger partial charge in [-0.15, -0.1) is 0 Å². The van der Waals surface area contributed by atoms with Crippen LogP contribution in [-0.2, 0) is 11.3 Å². The minimum absolute atomic E-state index is 0.166. The van der Waals surface area contributed by atoms with Crippen molar-refractivity contribution < 1.29 is 4.79 Å². The first-order chi connectivity index (χ1) is 7.06. The molecule has 1 atom stereocenters. The summed E-state index contributed by atoms with van der Waals surface area (Å²) in [7, 11) is 0. The highest BCUT2D eigenvalue weighted by Crippen LogP contribution is 2.08. The quantitative estimate of drug-likeness (QED) is 0.635. The average Bonchev–Trinajstić information content (AvgIpc) is 2.66. The number of hydrogen-bond donors (Lipinski definition) is 3. The second-order valence-corrected chi connectivity index (χ2v) is 3.78. The fraction of sp³-hybridized carbons (Fsp3) is 0.667. The SMILES string of the molecule is CCCC(C)(N)C(=O)NCc1ncn[nH]1. The van der Waals surface area contributed by atoms with Gasteiger partial charge in [0.1, 0.15) is 12.2 Å². The van der Waals surface area contributed by atoms with Crippen LogP contribution in [-0.4, -0.2) is 26.6 Å². The molecule has 0 saturated carbocycles. The summed E-state index contributed by atoms with van der Waals surface area (Å²) < 4.78 is 0. The number of H-pyrrole nitrogens is 1. The molecule has 1 aromatic rings. The van der Waals surface area contributed by atoms with Crippen molar-refractivity contribution in [3.05, 3.63) is 12.2 Å². The van der Waals surface area contributed by atoms with Crippen LogP contribution in [0, 0.1) is 0 Å². The van der Waals surface area contributed by atoms with Crippen LogP contribution in [0.25, 0.3) is 0 Å². The van der Waals surface area contributed by atoms with E-state index >= 15 is 0 Å². The molecule has 4 N–H and O–H groups in total. The Kier molecular flexibility index (Phi) is 3.79. The number of aromatic nitrogens is 3. The topological polar surface area (TPSA) is 96.7 Å². The smallest absolute Gasteiger partial charge is 0.240 e. The first-order valence-electron chi connectivity index (χ1n) is 4.97. The van der Waals surface area contributed by atoms with E-state index in [9.17, 15) is 4.79 Å². The molecule has 6 heteroatoms. The maximum atomic E-state index is 11.7. The third-order valence-electron chi connectivity index (χ3n) is 2.17. The lowest BCUT2D eigenvalue weighted by atomic mass is 9.97. The Labute approximate surface area is 88.7 Å². The summed E-state index contributed by atoms with van der Waals surface area (Å²) >= 11 is 0. The van der Waals surface area contributed by atoms with Crippen LogP contribution < -0.4 is 11.1 Å². The van der Waals surface area contributed by atoms with Crippen LogP contribution in [0.15, 0.2) is 6.33 Å². The number of carbonyl (C=O) groups is 1. The van der Waals surface area contributed by atoms with E-state index in [-0.39, 0.29) is 5.91 Å². The molecule has 0 bridgehead atoms. The number of nitrogens with zero attached hydrogens (tertiary/aromatic N) is 2. The zero-order chi connectivity index (χ0) is 11.3. The monoisotopic (exact) mass is 211 g/mol. The molecule has 0 fully saturated rings. The van der Waals surface area contributed by atoms with Crippen molar-refractivity contribution in [2.24, 2.45) is 5.73 Å². The van der Waals surface area contributed by atoms with Crippen molar-refractivity contribution in [2.45, 2.75) is 38.8 Å². The molecule has 1 unspecified atom stereocenters. The lowest BCUT2D eigenvalue weighted by Crippen LogP contribution is -2.51. The lowest BCUT2D eigenvalue weighted by Gasteiger charge is -2.22. The number of carbonyl (C=O) groups excluding carboxylic acids is 1. The maximum absolute atomic E-state index is 11.7. The van der Waals surface area contributed by atoms with Crippen molar-refractivity contribution in [2.75, 3.05) is 0 Å². The van der Waals surface area contributed by atoms with Crippen molar-refractivity contribution in [3.8, 4) is 0 Å². The maximum Gasteiger partial charge on any atom is 0.240 e. The predicted octanol–water partition coefficient (Wildman–Crippen LogP) is -0.0616. The largest absolute Gasteiger partial charge is 0.347 e. The number of aromatic amines is 1. The fourth-order valence-corrected chi connectivity index (χ4v) is 1.31. The van der Waals surface area contributed by atoms with E-state index in [0.29, 0.717) is 18.8 Å². The van der Waals surface area contributed by atoms with Gasteiger partial charge in [0.2, 0.25) is 5.91 Å². The summed E-state index contributed by atoms with van der Waals surface area (Å²) in [5.74, 6) is 0.455. The van der Waals surface area contributed by atoms with E-state index in [0.717, 1.165) is 6.42 Å². The van der Waals surface area contributed by atoms with Gasteiger partial charge in [0.05, 0.1) is 12.1 Å². The van der Waals surface area contributed by atoms with Crippen LogP contribution in [0.4, 0.5) is 0 Å². The second kappa shape index (κ2) is 4.88. The molecule has 1 rings (SSSR count). The van der Waals surface area contributed by atoms with Crippen molar-refractivity contribution in [1.29, 1.82) is 0 Å². The molecule has 6 nitrogen and oxygen atoms in total. The Balaban J connectivity index is 2.42. The molecule has 0 saturated heterocycles. The molecule has 0 aliphatic rings. The predicted molar refractivity (Wildman–Crippen MR) is 55.7 cm³/mol. The van der Waals surface area contributed by atoms with Crippen LogP contribution in [0.1, 0.15) is 32.5 Å². The highest BCUT2D eigenvalue weighted by atomic mass is 16.2.